The smallest absolute Gasteiger partial charge is 0.0248 e. The number of hydrogen-bond acceptors (Lipinski definition) is 0. The zero-order chi connectivity index (χ0) is 12.0. The van der Waals surface area contributed by atoms with Crippen molar-refractivity contribution in [1.82, 2.24) is 0 Å². The quantitative estimate of drug-likeness (QED) is 0.626. The molecule has 0 spiro atoms. The summed E-state index contributed by atoms with van der Waals surface area (Å²) in [7, 11) is 0. The first-order valence-corrected chi connectivity index (χ1v) is 6.74. The molecule has 90 valence electrons. The minimum Gasteiger partial charge on any atom is -0.0654 e. The van der Waals surface area contributed by atoms with Gasteiger partial charge in [-0.3, -0.25) is 0 Å². The van der Waals surface area contributed by atoms with Crippen LogP contribution in [0.2, 0.25) is 0 Å². The van der Waals surface area contributed by atoms with Gasteiger partial charge in [0.2, 0.25) is 0 Å². The third-order valence-corrected chi connectivity index (χ3v) is 3.77. The molecule has 0 saturated heterocycles. The van der Waals surface area contributed by atoms with Crippen LogP contribution in [0.1, 0.15) is 56.2 Å². The number of unbranched alkanes of at least 4 members (excludes halogenated alkanes) is 1. The third-order valence-electron chi connectivity index (χ3n) is 3.77. The third kappa shape index (κ3) is 3.66. The highest BCUT2D eigenvalue weighted by molar-refractivity contribution is 5.33. The molecule has 0 saturated carbocycles. The molecule has 0 amide bonds. The summed E-state index contributed by atoms with van der Waals surface area (Å²) in [6.45, 7) is 9.08. The van der Waals surface area contributed by atoms with Crippen LogP contribution in [0.25, 0.3) is 0 Å². The van der Waals surface area contributed by atoms with Crippen LogP contribution < -0.4 is 0 Å². The van der Waals surface area contributed by atoms with Crippen LogP contribution >= 0.6 is 0 Å². The van der Waals surface area contributed by atoms with Crippen molar-refractivity contribution in [3.05, 3.63) is 34.9 Å². The normalized spacial score (nSPS) is 12.8. The van der Waals surface area contributed by atoms with E-state index in [1.165, 1.54) is 43.2 Å². The molecule has 1 aromatic rings. The Morgan fingerprint density at radius 1 is 1.12 bits per heavy atom. The zero-order valence-electron chi connectivity index (χ0n) is 11.3. The number of rotatable bonds is 6. The molecule has 0 aliphatic carbocycles. The highest BCUT2D eigenvalue weighted by Gasteiger charge is 2.09. The summed E-state index contributed by atoms with van der Waals surface area (Å²) < 4.78 is 0. The van der Waals surface area contributed by atoms with E-state index in [9.17, 15) is 0 Å². The molecule has 1 atom stereocenters. The van der Waals surface area contributed by atoms with E-state index in [0.717, 1.165) is 5.92 Å². The Morgan fingerprint density at radius 2 is 1.88 bits per heavy atom. The van der Waals surface area contributed by atoms with Crippen LogP contribution in [0, 0.1) is 19.8 Å². The lowest BCUT2D eigenvalue weighted by atomic mass is 9.89. The van der Waals surface area contributed by atoms with E-state index in [1.807, 2.05) is 0 Å². The molecule has 0 heteroatoms. The van der Waals surface area contributed by atoms with Crippen LogP contribution in [-0.2, 0) is 6.42 Å². The number of aryl methyl sites for hydroxylation is 1. The Kier molecular flexibility index (Phi) is 5.59. The molecular formula is C16H26. The van der Waals surface area contributed by atoms with Gasteiger partial charge in [0, 0.05) is 0 Å². The maximum absolute atomic E-state index is 2.32. The van der Waals surface area contributed by atoms with Gasteiger partial charge in [0.1, 0.15) is 0 Å². The van der Waals surface area contributed by atoms with Crippen molar-refractivity contribution in [2.45, 2.75) is 59.8 Å². The van der Waals surface area contributed by atoms with Gasteiger partial charge in [-0.15, -0.1) is 0 Å². The standard InChI is InChI=1S/C16H26/c1-5-7-10-15(6-2)12-16-11-8-9-13(3)14(16)4/h8-9,11,15H,5-7,10,12H2,1-4H3. The Labute approximate surface area is 101 Å². The second-order valence-corrected chi connectivity index (χ2v) is 4.98. The van der Waals surface area contributed by atoms with Gasteiger partial charge < -0.3 is 0 Å². The summed E-state index contributed by atoms with van der Waals surface area (Å²) in [5, 5.41) is 0. The van der Waals surface area contributed by atoms with Gasteiger partial charge in [-0.25, -0.2) is 0 Å². The summed E-state index contributed by atoms with van der Waals surface area (Å²) in [5.41, 5.74) is 4.49. The first-order valence-electron chi connectivity index (χ1n) is 6.74. The van der Waals surface area contributed by atoms with Crippen LogP contribution in [0.4, 0.5) is 0 Å². The van der Waals surface area contributed by atoms with Crippen LogP contribution in [0.15, 0.2) is 18.2 Å². The monoisotopic (exact) mass is 218 g/mol. The van der Waals surface area contributed by atoms with Crippen molar-refractivity contribution in [3.8, 4) is 0 Å². The number of benzene rings is 1. The molecule has 1 unspecified atom stereocenters. The van der Waals surface area contributed by atoms with Crippen molar-refractivity contribution in [1.29, 1.82) is 0 Å². The molecule has 0 aliphatic rings. The topological polar surface area (TPSA) is 0 Å². The first-order chi connectivity index (χ1) is 7.69. The lowest BCUT2D eigenvalue weighted by Gasteiger charge is -2.16. The maximum atomic E-state index is 2.32. The first kappa shape index (κ1) is 13.3. The van der Waals surface area contributed by atoms with Crippen LogP contribution in [0.5, 0.6) is 0 Å². The van der Waals surface area contributed by atoms with Gasteiger partial charge in [0.15, 0.2) is 0 Å². The van der Waals surface area contributed by atoms with E-state index in [0.29, 0.717) is 0 Å². The minimum absolute atomic E-state index is 0.875. The maximum Gasteiger partial charge on any atom is -0.0248 e. The lowest BCUT2D eigenvalue weighted by Crippen LogP contribution is -2.05. The second kappa shape index (κ2) is 6.73. The van der Waals surface area contributed by atoms with Crippen molar-refractivity contribution >= 4 is 0 Å². The van der Waals surface area contributed by atoms with E-state index >= 15 is 0 Å². The molecule has 0 nitrogen and oxygen atoms in total. The largest absolute Gasteiger partial charge is 0.0654 e. The van der Waals surface area contributed by atoms with Crippen LogP contribution in [-0.4, -0.2) is 0 Å². The van der Waals surface area contributed by atoms with E-state index in [2.05, 4.69) is 45.9 Å². The Hall–Kier alpha value is -0.780. The molecule has 1 aromatic carbocycles. The second-order valence-electron chi connectivity index (χ2n) is 4.98. The van der Waals surface area contributed by atoms with E-state index in [-0.39, 0.29) is 0 Å². The fourth-order valence-electron chi connectivity index (χ4n) is 2.29. The van der Waals surface area contributed by atoms with Crippen molar-refractivity contribution in [3.63, 3.8) is 0 Å². The molecule has 0 fully saturated rings. The van der Waals surface area contributed by atoms with Crippen molar-refractivity contribution in [2.24, 2.45) is 5.92 Å². The van der Waals surface area contributed by atoms with Crippen molar-refractivity contribution in [2.75, 3.05) is 0 Å². The molecule has 0 aromatic heterocycles. The fourth-order valence-corrected chi connectivity index (χ4v) is 2.29. The van der Waals surface area contributed by atoms with Gasteiger partial charge in [-0.05, 0) is 42.9 Å². The summed E-state index contributed by atoms with van der Waals surface area (Å²) >= 11 is 0. The van der Waals surface area contributed by atoms with E-state index in [4.69, 9.17) is 0 Å². The van der Waals surface area contributed by atoms with E-state index < -0.39 is 0 Å². The Balaban J connectivity index is 2.66. The summed E-state index contributed by atoms with van der Waals surface area (Å²) in [6.07, 6.45) is 6.67. The molecule has 0 radical (unpaired) electrons. The average Bonchev–Trinajstić information content (AvgIpc) is 2.30. The van der Waals surface area contributed by atoms with Crippen LogP contribution in [0.3, 0.4) is 0 Å². The Morgan fingerprint density at radius 3 is 2.50 bits per heavy atom. The van der Waals surface area contributed by atoms with Gasteiger partial charge in [0.05, 0.1) is 0 Å². The zero-order valence-corrected chi connectivity index (χ0v) is 11.3. The lowest BCUT2D eigenvalue weighted by molar-refractivity contribution is 0.448. The SMILES string of the molecule is CCCCC(CC)Cc1cccc(C)c1C. The highest BCUT2D eigenvalue weighted by Crippen LogP contribution is 2.22. The molecule has 0 heterocycles. The van der Waals surface area contributed by atoms with Gasteiger partial charge in [-0.1, -0.05) is 57.7 Å². The summed E-state index contributed by atoms with van der Waals surface area (Å²) in [6, 6.07) is 6.72. The van der Waals surface area contributed by atoms with Crippen molar-refractivity contribution < 1.29 is 0 Å². The predicted octanol–water partition coefficient (Wildman–Crippen LogP) is 5.06. The molecule has 0 N–H and O–H groups in total. The van der Waals surface area contributed by atoms with Gasteiger partial charge in [-0.2, -0.15) is 0 Å². The summed E-state index contributed by atoms with van der Waals surface area (Å²) in [5.74, 6) is 0.875. The molecule has 0 aliphatic heterocycles. The van der Waals surface area contributed by atoms with Gasteiger partial charge >= 0.3 is 0 Å². The van der Waals surface area contributed by atoms with E-state index in [1.54, 1.807) is 5.56 Å². The Bertz CT molecular complexity index is 312. The average molecular weight is 218 g/mol. The fraction of sp³-hybridized carbons (Fsp3) is 0.625. The minimum atomic E-state index is 0.875. The summed E-state index contributed by atoms with van der Waals surface area (Å²) in [4.78, 5) is 0. The number of hydrogen-bond donors (Lipinski definition) is 0. The predicted molar refractivity (Wildman–Crippen MR) is 72.9 cm³/mol. The molecular weight excluding hydrogens is 192 g/mol. The van der Waals surface area contributed by atoms with Gasteiger partial charge in [0.25, 0.3) is 0 Å². The molecule has 1 rings (SSSR count). The molecule has 16 heavy (non-hydrogen) atoms. The molecule has 0 bridgehead atoms. The highest BCUT2D eigenvalue weighted by atomic mass is 14.1.